The molecule has 6 heteroatoms. The van der Waals surface area contributed by atoms with Crippen LogP contribution in [0.1, 0.15) is 49.5 Å². The number of benzene rings is 1. The normalized spacial score (nSPS) is 12.2. The number of aryl methyl sites for hydroxylation is 1. The highest BCUT2D eigenvalue weighted by Crippen LogP contribution is 2.24. The third kappa shape index (κ3) is 5.73. The number of hydrogen-bond donors (Lipinski definition) is 2. The maximum Gasteiger partial charge on any atom is 0.191 e. The van der Waals surface area contributed by atoms with Crippen molar-refractivity contribution in [2.45, 2.75) is 53.1 Å². The molecule has 0 bridgehead atoms. The molecule has 0 aliphatic rings. The van der Waals surface area contributed by atoms with E-state index < -0.39 is 0 Å². The van der Waals surface area contributed by atoms with Gasteiger partial charge in [0.15, 0.2) is 5.96 Å². The van der Waals surface area contributed by atoms with Crippen LogP contribution in [-0.4, -0.2) is 24.6 Å². The minimum Gasteiger partial charge on any atom is -0.494 e. The number of aliphatic imine (C=N–C) groups is 1. The highest BCUT2D eigenvalue weighted by atomic mass is 32.1. The number of guanidine groups is 1. The second kappa shape index (κ2) is 9.03. The van der Waals surface area contributed by atoms with Gasteiger partial charge in [-0.2, -0.15) is 0 Å². The van der Waals surface area contributed by atoms with E-state index in [4.69, 9.17) is 9.72 Å². The lowest BCUT2D eigenvalue weighted by atomic mass is 9.93. The summed E-state index contributed by atoms with van der Waals surface area (Å²) in [6.45, 7) is 12.6. The summed E-state index contributed by atoms with van der Waals surface area (Å²) in [7, 11) is 1.77. The molecule has 1 heterocycles. The molecule has 0 radical (unpaired) electrons. The van der Waals surface area contributed by atoms with Gasteiger partial charge < -0.3 is 15.4 Å². The first kappa shape index (κ1) is 20.2. The van der Waals surface area contributed by atoms with Gasteiger partial charge in [-0.25, -0.2) is 4.98 Å². The summed E-state index contributed by atoms with van der Waals surface area (Å²) in [5, 5.41) is 9.87. The van der Waals surface area contributed by atoms with Crippen LogP contribution in [0.3, 0.4) is 0 Å². The van der Waals surface area contributed by atoms with Crippen LogP contribution in [0.2, 0.25) is 0 Å². The summed E-state index contributed by atoms with van der Waals surface area (Å²) in [6.07, 6.45) is 0. The predicted octanol–water partition coefficient (Wildman–Crippen LogP) is 4.01. The van der Waals surface area contributed by atoms with Gasteiger partial charge in [0.25, 0.3) is 0 Å². The van der Waals surface area contributed by atoms with Gasteiger partial charge in [0.2, 0.25) is 0 Å². The molecular formula is C20H30N4OS. The van der Waals surface area contributed by atoms with Crippen molar-refractivity contribution >= 4 is 17.3 Å². The van der Waals surface area contributed by atoms with E-state index in [0.717, 1.165) is 28.0 Å². The van der Waals surface area contributed by atoms with Gasteiger partial charge in [-0.15, -0.1) is 11.3 Å². The fraction of sp³-hybridized carbons (Fsp3) is 0.500. The molecule has 2 aromatic rings. The number of nitrogens with one attached hydrogen (secondary N) is 2. The van der Waals surface area contributed by atoms with Crippen LogP contribution in [0.25, 0.3) is 0 Å². The summed E-state index contributed by atoms with van der Waals surface area (Å²) < 4.78 is 5.74. The summed E-state index contributed by atoms with van der Waals surface area (Å²) in [5.41, 5.74) is 3.52. The number of aromatic nitrogens is 1. The van der Waals surface area contributed by atoms with Crippen molar-refractivity contribution in [1.82, 2.24) is 15.6 Å². The average Bonchev–Trinajstić information content (AvgIpc) is 3.06. The maximum atomic E-state index is 5.74. The van der Waals surface area contributed by atoms with Gasteiger partial charge in [0.05, 0.1) is 18.8 Å². The van der Waals surface area contributed by atoms with Crippen LogP contribution in [0.4, 0.5) is 0 Å². The molecule has 2 rings (SSSR count). The zero-order valence-corrected chi connectivity index (χ0v) is 17.5. The Morgan fingerprint density at radius 3 is 2.58 bits per heavy atom. The summed E-state index contributed by atoms with van der Waals surface area (Å²) in [6, 6.07) is 6.26. The average molecular weight is 375 g/mol. The summed E-state index contributed by atoms with van der Waals surface area (Å²) in [4.78, 5) is 9.00. The molecule has 0 saturated carbocycles. The van der Waals surface area contributed by atoms with Crippen LogP contribution in [-0.2, 0) is 18.5 Å². The van der Waals surface area contributed by atoms with E-state index in [1.54, 1.807) is 18.4 Å². The first-order valence-corrected chi connectivity index (χ1v) is 9.83. The van der Waals surface area contributed by atoms with E-state index in [2.05, 4.69) is 66.9 Å². The molecular weight excluding hydrogens is 344 g/mol. The standard InChI is InChI=1S/C20H30N4OS/c1-7-25-16-10-14(2)8-9-15(16)11-22-19(21-6)23-12-18-24-17(13-26-18)20(3,4)5/h8-10,13H,7,11-12H2,1-6H3,(H2,21,22,23). The summed E-state index contributed by atoms with van der Waals surface area (Å²) >= 11 is 1.68. The Kier molecular flexibility index (Phi) is 7.03. The molecule has 0 spiro atoms. The van der Waals surface area contributed by atoms with Gasteiger partial charge >= 0.3 is 0 Å². The Hall–Kier alpha value is -2.08. The van der Waals surface area contributed by atoms with E-state index in [9.17, 15) is 0 Å². The van der Waals surface area contributed by atoms with E-state index >= 15 is 0 Å². The van der Waals surface area contributed by atoms with E-state index in [1.165, 1.54) is 5.56 Å². The Morgan fingerprint density at radius 1 is 1.23 bits per heavy atom. The first-order valence-electron chi connectivity index (χ1n) is 8.95. The van der Waals surface area contributed by atoms with Gasteiger partial charge in [-0.3, -0.25) is 4.99 Å². The van der Waals surface area contributed by atoms with E-state index in [1.807, 2.05) is 6.92 Å². The molecule has 0 fully saturated rings. The second-order valence-electron chi connectivity index (χ2n) is 7.20. The van der Waals surface area contributed by atoms with Gasteiger partial charge in [0, 0.05) is 30.0 Å². The van der Waals surface area contributed by atoms with Crippen molar-refractivity contribution < 1.29 is 4.74 Å². The predicted molar refractivity (Wildman–Crippen MR) is 110 cm³/mol. The number of thiazole rings is 1. The van der Waals surface area contributed by atoms with Crippen molar-refractivity contribution in [3.05, 3.63) is 45.4 Å². The zero-order valence-electron chi connectivity index (χ0n) is 16.6. The lowest BCUT2D eigenvalue weighted by Crippen LogP contribution is -2.36. The SMILES string of the molecule is CCOc1cc(C)ccc1CNC(=NC)NCc1nc(C(C)(C)C)cs1. The fourth-order valence-electron chi connectivity index (χ4n) is 2.39. The lowest BCUT2D eigenvalue weighted by molar-refractivity contribution is 0.336. The third-order valence-corrected chi connectivity index (χ3v) is 4.77. The van der Waals surface area contributed by atoms with Crippen molar-refractivity contribution in [2.75, 3.05) is 13.7 Å². The highest BCUT2D eigenvalue weighted by molar-refractivity contribution is 7.09. The molecule has 0 aliphatic heterocycles. The van der Waals surface area contributed by atoms with Crippen molar-refractivity contribution in [2.24, 2.45) is 4.99 Å². The first-order chi connectivity index (χ1) is 12.3. The Balaban J connectivity index is 1.93. The van der Waals surface area contributed by atoms with Crippen molar-refractivity contribution in [3.8, 4) is 5.75 Å². The quantitative estimate of drug-likeness (QED) is 0.592. The molecule has 0 unspecified atom stereocenters. The maximum absolute atomic E-state index is 5.74. The summed E-state index contributed by atoms with van der Waals surface area (Å²) in [5.74, 6) is 1.67. The van der Waals surface area contributed by atoms with E-state index in [0.29, 0.717) is 19.7 Å². The second-order valence-corrected chi connectivity index (χ2v) is 8.14. The van der Waals surface area contributed by atoms with Crippen LogP contribution in [0.15, 0.2) is 28.6 Å². The number of rotatable bonds is 6. The third-order valence-electron chi connectivity index (χ3n) is 3.92. The van der Waals surface area contributed by atoms with Crippen molar-refractivity contribution in [3.63, 3.8) is 0 Å². The fourth-order valence-corrected chi connectivity index (χ4v) is 3.35. The minimum absolute atomic E-state index is 0.0792. The zero-order chi connectivity index (χ0) is 19.2. The molecule has 0 saturated heterocycles. The van der Waals surface area contributed by atoms with Crippen LogP contribution >= 0.6 is 11.3 Å². The van der Waals surface area contributed by atoms with Crippen LogP contribution in [0.5, 0.6) is 5.75 Å². The molecule has 26 heavy (non-hydrogen) atoms. The van der Waals surface area contributed by atoms with Gasteiger partial charge in [0.1, 0.15) is 10.8 Å². The monoisotopic (exact) mass is 374 g/mol. The minimum atomic E-state index is 0.0792. The van der Waals surface area contributed by atoms with Gasteiger partial charge in [-0.1, -0.05) is 32.9 Å². The molecule has 1 aromatic heterocycles. The van der Waals surface area contributed by atoms with Crippen molar-refractivity contribution in [1.29, 1.82) is 0 Å². The number of hydrogen-bond acceptors (Lipinski definition) is 4. The van der Waals surface area contributed by atoms with E-state index in [-0.39, 0.29) is 5.41 Å². The lowest BCUT2D eigenvalue weighted by Gasteiger charge is -2.15. The molecule has 5 nitrogen and oxygen atoms in total. The molecule has 0 aliphatic carbocycles. The largest absolute Gasteiger partial charge is 0.494 e. The topological polar surface area (TPSA) is 58.5 Å². The van der Waals surface area contributed by atoms with Crippen LogP contribution < -0.4 is 15.4 Å². The molecule has 0 amide bonds. The Bertz CT molecular complexity index is 747. The molecule has 142 valence electrons. The molecule has 1 aromatic carbocycles. The van der Waals surface area contributed by atoms with Gasteiger partial charge in [-0.05, 0) is 25.5 Å². The smallest absolute Gasteiger partial charge is 0.191 e. The number of nitrogens with zero attached hydrogens (tertiary/aromatic N) is 2. The molecule has 0 atom stereocenters. The molecule has 2 N–H and O–H groups in total. The highest BCUT2D eigenvalue weighted by Gasteiger charge is 2.17. The number of ether oxygens (including phenoxy) is 1. The Morgan fingerprint density at radius 2 is 1.96 bits per heavy atom. The Labute approximate surface area is 160 Å². The van der Waals surface area contributed by atoms with Crippen LogP contribution in [0, 0.1) is 6.92 Å².